The number of aromatic nitrogens is 3. The van der Waals surface area contributed by atoms with Crippen LogP contribution in [0.3, 0.4) is 0 Å². The minimum Gasteiger partial charge on any atom is -0.371 e. The molecule has 116 valence electrons. The first kappa shape index (κ1) is 14.7. The van der Waals surface area contributed by atoms with Gasteiger partial charge in [-0.2, -0.15) is 5.10 Å². The van der Waals surface area contributed by atoms with Crippen LogP contribution in [0.4, 0.5) is 0 Å². The molecule has 0 bridgehead atoms. The molecule has 2 aromatic heterocycles. The zero-order chi connectivity index (χ0) is 15.4. The van der Waals surface area contributed by atoms with E-state index in [1.807, 2.05) is 19.1 Å². The smallest absolute Gasteiger partial charge is 0.254 e. The van der Waals surface area contributed by atoms with Crippen molar-refractivity contribution >= 4 is 5.91 Å². The Balaban J connectivity index is 1.72. The fourth-order valence-corrected chi connectivity index (χ4v) is 2.72. The molecule has 2 atom stereocenters. The summed E-state index contributed by atoms with van der Waals surface area (Å²) in [5.41, 5.74) is 1.63. The molecule has 3 heterocycles. The maximum Gasteiger partial charge on any atom is 0.254 e. The third-order valence-corrected chi connectivity index (χ3v) is 3.89. The number of nitrogens with one attached hydrogen (secondary N) is 1. The molecule has 1 N–H and O–H groups in total. The molecule has 1 aliphatic rings. The standard InChI is InChI=1S/C16H20N4O2/c1-2-20-11-13(10-18-20)16(21)19-14-4-3-9-22-15(14)12-5-7-17-8-6-12/h5-8,10-11,14-15H,2-4,9H2,1H3,(H,19,21)/t14-,15+/m0/s1. The van der Waals surface area contributed by atoms with E-state index >= 15 is 0 Å². The van der Waals surface area contributed by atoms with Gasteiger partial charge in [-0.15, -0.1) is 0 Å². The summed E-state index contributed by atoms with van der Waals surface area (Å²) < 4.78 is 7.62. The number of ether oxygens (including phenoxy) is 1. The van der Waals surface area contributed by atoms with E-state index in [0.717, 1.165) is 24.9 Å². The first-order valence-corrected chi connectivity index (χ1v) is 7.62. The summed E-state index contributed by atoms with van der Waals surface area (Å²) >= 11 is 0. The minimum absolute atomic E-state index is 0.0337. The Kier molecular flexibility index (Phi) is 4.48. The summed E-state index contributed by atoms with van der Waals surface area (Å²) in [4.78, 5) is 16.4. The Morgan fingerprint density at radius 2 is 2.27 bits per heavy atom. The zero-order valence-corrected chi connectivity index (χ0v) is 12.6. The van der Waals surface area contributed by atoms with E-state index < -0.39 is 0 Å². The van der Waals surface area contributed by atoms with E-state index in [-0.39, 0.29) is 18.1 Å². The Morgan fingerprint density at radius 3 is 3.00 bits per heavy atom. The molecule has 0 aromatic carbocycles. The zero-order valence-electron chi connectivity index (χ0n) is 12.6. The Labute approximate surface area is 129 Å². The van der Waals surface area contributed by atoms with Gasteiger partial charge < -0.3 is 10.1 Å². The van der Waals surface area contributed by atoms with Crippen LogP contribution >= 0.6 is 0 Å². The van der Waals surface area contributed by atoms with Crippen LogP contribution in [0.5, 0.6) is 0 Å². The summed E-state index contributed by atoms with van der Waals surface area (Å²) in [7, 11) is 0. The molecule has 0 unspecified atom stereocenters. The van der Waals surface area contributed by atoms with Gasteiger partial charge in [-0.3, -0.25) is 14.5 Å². The molecular weight excluding hydrogens is 280 g/mol. The molecule has 3 rings (SSSR count). The van der Waals surface area contributed by atoms with Gasteiger partial charge in [0.25, 0.3) is 5.91 Å². The highest BCUT2D eigenvalue weighted by Gasteiger charge is 2.29. The van der Waals surface area contributed by atoms with Crippen molar-refractivity contribution in [1.82, 2.24) is 20.1 Å². The Bertz CT molecular complexity index is 626. The number of carbonyl (C=O) groups excluding carboxylic acids is 1. The van der Waals surface area contributed by atoms with E-state index in [2.05, 4.69) is 15.4 Å². The van der Waals surface area contributed by atoms with Crippen molar-refractivity contribution in [2.24, 2.45) is 0 Å². The van der Waals surface area contributed by atoms with Crippen LogP contribution < -0.4 is 5.32 Å². The van der Waals surface area contributed by atoms with E-state index in [4.69, 9.17) is 4.74 Å². The van der Waals surface area contributed by atoms with Crippen molar-refractivity contribution in [2.45, 2.75) is 38.5 Å². The van der Waals surface area contributed by atoms with Gasteiger partial charge in [0.2, 0.25) is 0 Å². The lowest BCUT2D eigenvalue weighted by Gasteiger charge is -2.32. The predicted octanol–water partition coefficient (Wildman–Crippen LogP) is 1.95. The predicted molar refractivity (Wildman–Crippen MR) is 81.3 cm³/mol. The molecular formula is C16H20N4O2. The van der Waals surface area contributed by atoms with Gasteiger partial charge in [-0.1, -0.05) is 0 Å². The van der Waals surface area contributed by atoms with Crippen LogP contribution in [0, 0.1) is 0 Å². The largest absolute Gasteiger partial charge is 0.371 e. The van der Waals surface area contributed by atoms with Gasteiger partial charge in [0, 0.05) is 31.7 Å². The van der Waals surface area contributed by atoms with Crippen molar-refractivity contribution in [3.63, 3.8) is 0 Å². The number of amides is 1. The summed E-state index contributed by atoms with van der Waals surface area (Å²) in [5.74, 6) is -0.103. The lowest BCUT2D eigenvalue weighted by molar-refractivity contribution is -0.00950. The normalized spacial score (nSPS) is 21.5. The average molecular weight is 300 g/mol. The number of nitrogens with zero attached hydrogens (tertiary/aromatic N) is 3. The van der Waals surface area contributed by atoms with E-state index in [1.165, 1.54) is 0 Å². The van der Waals surface area contributed by atoms with Crippen molar-refractivity contribution in [2.75, 3.05) is 6.61 Å². The lowest BCUT2D eigenvalue weighted by Crippen LogP contribution is -2.42. The first-order chi connectivity index (χ1) is 10.8. The molecule has 22 heavy (non-hydrogen) atoms. The summed E-state index contributed by atoms with van der Waals surface area (Å²) in [6.07, 6.45) is 8.59. The molecule has 0 spiro atoms. The van der Waals surface area contributed by atoms with E-state index in [9.17, 15) is 4.79 Å². The number of carbonyl (C=O) groups is 1. The number of hydrogen-bond donors (Lipinski definition) is 1. The maximum atomic E-state index is 12.4. The van der Waals surface area contributed by atoms with Gasteiger partial charge in [0.05, 0.1) is 17.8 Å². The van der Waals surface area contributed by atoms with Gasteiger partial charge in [-0.25, -0.2) is 0 Å². The first-order valence-electron chi connectivity index (χ1n) is 7.62. The molecule has 0 radical (unpaired) electrons. The fraction of sp³-hybridized carbons (Fsp3) is 0.438. The average Bonchev–Trinajstić information content (AvgIpc) is 3.05. The minimum atomic E-state index is -0.123. The molecule has 6 nitrogen and oxygen atoms in total. The van der Waals surface area contributed by atoms with Gasteiger partial charge >= 0.3 is 0 Å². The molecule has 2 aromatic rings. The SMILES string of the molecule is CCn1cc(C(=O)N[C@H]2CCCO[C@@H]2c2ccncc2)cn1. The second-order valence-electron chi connectivity index (χ2n) is 5.38. The molecule has 1 aliphatic heterocycles. The third kappa shape index (κ3) is 3.17. The van der Waals surface area contributed by atoms with Crippen molar-refractivity contribution in [1.29, 1.82) is 0 Å². The molecule has 0 aliphatic carbocycles. The van der Waals surface area contributed by atoms with Crippen molar-refractivity contribution < 1.29 is 9.53 Å². The van der Waals surface area contributed by atoms with Crippen LogP contribution in [0.25, 0.3) is 0 Å². The van der Waals surface area contributed by atoms with E-state index in [1.54, 1.807) is 29.5 Å². The molecule has 1 fully saturated rings. The molecule has 1 amide bonds. The third-order valence-electron chi connectivity index (χ3n) is 3.89. The van der Waals surface area contributed by atoms with Gasteiger partial charge in [0.15, 0.2) is 0 Å². The van der Waals surface area contributed by atoms with Crippen LogP contribution in [0.1, 0.15) is 41.8 Å². The molecule has 0 saturated carbocycles. The molecule has 6 heteroatoms. The Hall–Kier alpha value is -2.21. The van der Waals surface area contributed by atoms with Crippen molar-refractivity contribution in [3.8, 4) is 0 Å². The maximum absolute atomic E-state index is 12.4. The highest BCUT2D eigenvalue weighted by Crippen LogP contribution is 2.28. The second kappa shape index (κ2) is 6.70. The van der Waals surface area contributed by atoms with Crippen molar-refractivity contribution in [3.05, 3.63) is 48.0 Å². The van der Waals surface area contributed by atoms with Crippen LogP contribution in [-0.2, 0) is 11.3 Å². The van der Waals surface area contributed by atoms with E-state index in [0.29, 0.717) is 12.2 Å². The summed E-state index contributed by atoms with van der Waals surface area (Å²) in [5, 5.41) is 7.23. The van der Waals surface area contributed by atoms with Gasteiger partial charge in [0.1, 0.15) is 6.10 Å². The highest BCUT2D eigenvalue weighted by molar-refractivity contribution is 5.93. The highest BCUT2D eigenvalue weighted by atomic mass is 16.5. The molecule has 1 saturated heterocycles. The number of rotatable bonds is 4. The second-order valence-corrected chi connectivity index (χ2v) is 5.38. The quantitative estimate of drug-likeness (QED) is 0.937. The van der Waals surface area contributed by atoms with Crippen LogP contribution in [0.15, 0.2) is 36.9 Å². The van der Waals surface area contributed by atoms with Crippen LogP contribution in [-0.4, -0.2) is 33.3 Å². The summed E-state index contributed by atoms with van der Waals surface area (Å²) in [6.45, 7) is 3.45. The number of pyridine rings is 1. The fourth-order valence-electron chi connectivity index (χ4n) is 2.72. The Morgan fingerprint density at radius 1 is 1.45 bits per heavy atom. The topological polar surface area (TPSA) is 69.0 Å². The summed E-state index contributed by atoms with van der Waals surface area (Å²) in [6, 6.07) is 3.84. The number of hydrogen-bond acceptors (Lipinski definition) is 4. The van der Waals surface area contributed by atoms with Crippen LogP contribution in [0.2, 0.25) is 0 Å². The van der Waals surface area contributed by atoms with Gasteiger partial charge in [-0.05, 0) is 37.5 Å². The lowest BCUT2D eigenvalue weighted by atomic mass is 9.96. The number of aryl methyl sites for hydroxylation is 1. The monoisotopic (exact) mass is 300 g/mol.